The zero-order valence-corrected chi connectivity index (χ0v) is 14.3. The first kappa shape index (κ1) is 14.5. The number of hydrogen-bond acceptors (Lipinski definition) is 6. The molecule has 3 aromatic rings. The highest BCUT2D eigenvalue weighted by Gasteiger charge is 2.28. The molecule has 0 bridgehead atoms. The monoisotopic (exact) mass is 340 g/mol. The largest absolute Gasteiger partial charge is 0.299 e. The second kappa shape index (κ2) is 5.89. The van der Waals surface area contributed by atoms with Crippen LogP contribution in [0.5, 0.6) is 0 Å². The zero-order chi connectivity index (χ0) is 15.9. The van der Waals surface area contributed by atoms with Crippen LogP contribution < -0.4 is 0 Å². The van der Waals surface area contributed by atoms with Gasteiger partial charge in [0.15, 0.2) is 11.5 Å². The topological polar surface area (TPSA) is 59.2 Å². The van der Waals surface area contributed by atoms with Crippen LogP contribution in [-0.4, -0.2) is 42.2 Å². The summed E-state index contributed by atoms with van der Waals surface area (Å²) in [5.74, 6) is 2.16. The first-order valence-corrected chi connectivity index (χ1v) is 9.53. The summed E-state index contributed by atoms with van der Waals surface area (Å²) in [7, 11) is 0. The Morgan fingerprint density at radius 3 is 2.67 bits per heavy atom. The fourth-order valence-corrected chi connectivity index (χ4v) is 4.11. The molecule has 0 radical (unpaired) electrons. The van der Waals surface area contributed by atoms with Crippen LogP contribution in [0.3, 0.4) is 0 Å². The molecule has 5 rings (SSSR count). The van der Waals surface area contributed by atoms with E-state index in [1.54, 1.807) is 0 Å². The lowest BCUT2D eigenvalue weighted by Gasteiger charge is -2.30. The molecule has 0 amide bonds. The molecule has 1 saturated heterocycles. The third kappa shape index (κ3) is 2.71. The molecule has 0 spiro atoms. The fourth-order valence-electron chi connectivity index (χ4n) is 3.58. The number of rotatable bonds is 4. The van der Waals surface area contributed by atoms with E-state index < -0.39 is 0 Å². The van der Waals surface area contributed by atoms with Gasteiger partial charge in [0.05, 0.1) is 5.69 Å². The minimum atomic E-state index is 0.457. The molecule has 7 heteroatoms. The van der Waals surface area contributed by atoms with Crippen molar-refractivity contribution < 1.29 is 0 Å². The van der Waals surface area contributed by atoms with Crippen LogP contribution in [0.1, 0.15) is 54.6 Å². The molecule has 6 nitrogen and oxygen atoms in total. The third-order valence-corrected chi connectivity index (χ3v) is 5.78. The van der Waals surface area contributed by atoms with Gasteiger partial charge in [-0.05, 0) is 68.0 Å². The number of piperidine rings is 1. The Bertz CT molecular complexity index is 830. The van der Waals surface area contributed by atoms with Gasteiger partial charge in [0, 0.05) is 30.0 Å². The van der Waals surface area contributed by atoms with Gasteiger partial charge in [-0.3, -0.25) is 4.90 Å². The van der Waals surface area contributed by atoms with Crippen molar-refractivity contribution in [3.63, 3.8) is 0 Å². The van der Waals surface area contributed by atoms with Gasteiger partial charge in [-0.25, -0.2) is 4.37 Å². The highest BCUT2D eigenvalue weighted by Crippen LogP contribution is 2.39. The predicted molar refractivity (Wildman–Crippen MR) is 92.1 cm³/mol. The number of fused-ring (bicyclic) bond motifs is 1. The smallest absolute Gasteiger partial charge is 0.177 e. The average Bonchev–Trinajstić information content (AvgIpc) is 3.18. The van der Waals surface area contributed by atoms with Gasteiger partial charge in [-0.1, -0.05) is 0 Å². The van der Waals surface area contributed by atoms with E-state index in [2.05, 4.69) is 37.0 Å². The van der Waals surface area contributed by atoms with E-state index in [-0.39, 0.29) is 0 Å². The Kier molecular flexibility index (Phi) is 3.56. The summed E-state index contributed by atoms with van der Waals surface area (Å²) < 4.78 is 6.19. The van der Waals surface area contributed by atoms with E-state index in [4.69, 9.17) is 5.10 Å². The standard InChI is InChI=1S/C17H20N6S/c1-2-13(1)15-3-4-16-19-20-17(23(16)21-15)14-5-7-22(8-6-14)10-12-9-18-24-11-12/h3-4,9,11,13-14H,1-2,5-8,10H2. The summed E-state index contributed by atoms with van der Waals surface area (Å²) >= 11 is 1.53. The van der Waals surface area contributed by atoms with Crippen molar-refractivity contribution in [3.05, 3.63) is 40.8 Å². The van der Waals surface area contributed by atoms with E-state index in [9.17, 15) is 0 Å². The molecule has 0 aromatic carbocycles. The summed E-state index contributed by atoms with van der Waals surface area (Å²) in [5.41, 5.74) is 3.40. The molecule has 0 atom stereocenters. The van der Waals surface area contributed by atoms with Crippen molar-refractivity contribution in [2.75, 3.05) is 13.1 Å². The Hall–Kier alpha value is -1.86. The van der Waals surface area contributed by atoms with Crippen LogP contribution in [0.2, 0.25) is 0 Å². The zero-order valence-electron chi connectivity index (χ0n) is 13.5. The van der Waals surface area contributed by atoms with Gasteiger partial charge in [0.1, 0.15) is 0 Å². The van der Waals surface area contributed by atoms with Crippen LogP contribution in [0.4, 0.5) is 0 Å². The summed E-state index contributed by atoms with van der Waals surface area (Å²) in [6.07, 6.45) is 6.76. The molecule has 1 aliphatic heterocycles. The van der Waals surface area contributed by atoms with Crippen molar-refractivity contribution in [3.8, 4) is 0 Å². The van der Waals surface area contributed by atoms with Gasteiger partial charge in [-0.2, -0.15) is 9.61 Å². The van der Waals surface area contributed by atoms with Crippen LogP contribution in [-0.2, 0) is 6.54 Å². The van der Waals surface area contributed by atoms with E-state index in [1.807, 2.05) is 10.7 Å². The molecule has 4 heterocycles. The van der Waals surface area contributed by atoms with Gasteiger partial charge < -0.3 is 0 Å². The highest BCUT2D eigenvalue weighted by atomic mass is 32.1. The molecule has 1 saturated carbocycles. The first-order chi connectivity index (χ1) is 11.9. The summed E-state index contributed by atoms with van der Waals surface area (Å²) in [6, 6.07) is 4.18. The minimum absolute atomic E-state index is 0.457. The average molecular weight is 340 g/mol. The maximum Gasteiger partial charge on any atom is 0.177 e. The number of aromatic nitrogens is 5. The van der Waals surface area contributed by atoms with Crippen LogP contribution in [0, 0.1) is 0 Å². The third-order valence-electron chi connectivity index (χ3n) is 5.15. The Morgan fingerprint density at radius 2 is 1.92 bits per heavy atom. The summed E-state index contributed by atoms with van der Waals surface area (Å²) in [4.78, 5) is 2.51. The maximum atomic E-state index is 4.82. The molecular weight excluding hydrogens is 320 g/mol. The molecule has 0 unspecified atom stereocenters. The van der Waals surface area contributed by atoms with E-state index in [0.29, 0.717) is 11.8 Å². The molecule has 0 N–H and O–H groups in total. The van der Waals surface area contributed by atoms with Gasteiger partial charge in [0.25, 0.3) is 0 Å². The Balaban J connectivity index is 1.32. The van der Waals surface area contributed by atoms with E-state index >= 15 is 0 Å². The lowest BCUT2D eigenvalue weighted by atomic mass is 9.96. The SMILES string of the molecule is c1nscc1CN1CCC(c2nnc3ccc(C4CC4)nn23)CC1. The summed E-state index contributed by atoms with van der Waals surface area (Å²) in [6.45, 7) is 3.20. The number of nitrogens with zero attached hydrogens (tertiary/aromatic N) is 6. The molecule has 124 valence electrons. The van der Waals surface area contributed by atoms with E-state index in [0.717, 1.165) is 43.9 Å². The number of likely N-dealkylation sites (tertiary alicyclic amines) is 1. The van der Waals surface area contributed by atoms with E-state index in [1.165, 1.54) is 35.6 Å². The van der Waals surface area contributed by atoms with Gasteiger partial charge in [0.2, 0.25) is 0 Å². The molecule has 24 heavy (non-hydrogen) atoms. The molecule has 1 aliphatic carbocycles. The predicted octanol–water partition coefficient (Wildman–Crippen LogP) is 2.84. The number of hydrogen-bond donors (Lipinski definition) is 0. The van der Waals surface area contributed by atoms with Crippen molar-refractivity contribution in [2.45, 2.75) is 44.1 Å². The second-order valence-electron chi connectivity index (χ2n) is 6.94. The minimum Gasteiger partial charge on any atom is -0.299 e. The Morgan fingerprint density at radius 1 is 1.04 bits per heavy atom. The molecular formula is C17H20N6S. The van der Waals surface area contributed by atoms with Crippen molar-refractivity contribution in [1.29, 1.82) is 0 Å². The highest BCUT2D eigenvalue weighted by molar-refractivity contribution is 7.03. The lowest BCUT2D eigenvalue weighted by molar-refractivity contribution is 0.201. The first-order valence-electron chi connectivity index (χ1n) is 8.70. The lowest BCUT2D eigenvalue weighted by Crippen LogP contribution is -2.33. The van der Waals surface area contributed by atoms with Gasteiger partial charge in [-0.15, -0.1) is 10.2 Å². The van der Waals surface area contributed by atoms with Crippen LogP contribution in [0.25, 0.3) is 5.65 Å². The molecule has 3 aromatic heterocycles. The second-order valence-corrected chi connectivity index (χ2v) is 7.60. The van der Waals surface area contributed by atoms with Gasteiger partial charge >= 0.3 is 0 Å². The Labute approximate surface area is 144 Å². The summed E-state index contributed by atoms with van der Waals surface area (Å²) in [5, 5.41) is 15.8. The molecule has 2 fully saturated rings. The van der Waals surface area contributed by atoms with Crippen LogP contribution >= 0.6 is 11.5 Å². The maximum absolute atomic E-state index is 4.82. The quantitative estimate of drug-likeness (QED) is 0.731. The van der Waals surface area contributed by atoms with Crippen molar-refractivity contribution in [1.82, 2.24) is 29.1 Å². The van der Waals surface area contributed by atoms with Crippen LogP contribution in [0.15, 0.2) is 23.7 Å². The van der Waals surface area contributed by atoms with Crippen molar-refractivity contribution >= 4 is 17.2 Å². The van der Waals surface area contributed by atoms with Crippen molar-refractivity contribution in [2.24, 2.45) is 0 Å². The molecule has 2 aliphatic rings. The fraction of sp³-hybridized carbons (Fsp3) is 0.529. The normalized spacial score (nSPS) is 20.0.